The highest BCUT2D eigenvalue weighted by atomic mass is 32.1. The molecule has 0 bridgehead atoms. The van der Waals surface area contributed by atoms with Crippen LogP contribution in [0.5, 0.6) is 0 Å². The first-order chi connectivity index (χ1) is 6.29. The first kappa shape index (κ1) is 9.00. The Hall–Kier alpha value is -0.570. The summed E-state index contributed by atoms with van der Waals surface area (Å²) in [7, 11) is 0. The van der Waals surface area contributed by atoms with Crippen molar-refractivity contribution in [2.45, 2.75) is 39.0 Å². The highest BCUT2D eigenvalue weighted by Gasteiger charge is 2.17. The second-order valence-electron chi connectivity index (χ2n) is 3.77. The molecular weight excluding hydrogens is 180 g/mol. The molecule has 1 aliphatic rings. The topological polar surface area (TPSA) is 38.9 Å². The predicted octanol–water partition coefficient (Wildman–Crippen LogP) is 2.63. The molecule has 1 aliphatic carbocycles. The molecule has 2 N–H and O–H groups in total. The number of nitrogen functional groups attached to an aromatic ring is 1. The minimum atomic E-state index is 0.750. The summed E-state index contributed by atoms with van der Waals surface area (Å²) < 4.78 is 0. The molecule has 0 amide bonds. The van der Waals surface area contributed by atoms with Crippen LogP contribution in [-0.2, 0) is 12.8 Å². The highest BCUT2D eigenvalue weighted by molar-refractivity contribution is 7.15. The number of anilines is 1. The molecule has 0 spiro atoms. The molecule has 3 heteroatoms. The van der Waals surface area contributed by atoms with Gasteiger partial charge >= 0.3 is 0 Å². The van der Waals surface area contributed by atoms with Gasteiger partial charge in [0.2, 0.25) is 0 Å². The molecule has 2 nitrogen and oxygen atoms in total. The Morgan fingerprint density at radius 1 is 1.46 bits per heavy atom. The third-order valence-electron chi connectivity index (χ3n) is 2.94. The fourth-order valence-electron chi connectivity index (χ4n) is 2.02. The summed E-state index contributed by atoms with van der Waals surface area (Å²) in [6, 6.07) is 0. The Labute approximate surface area is 83.2 Å². The zero-order valence-electron chi connectivity index (χ0n) is 8.05. The Kier molecular flexibility index (Phi) is 2.54. The van der Waals surface area contributed by atoms with E-state index in [-0.39, 0.29) is 0 Å². The van der Waals surface area contributed by atoms with Crippen molar-refractivity contribution in [1.82, 2.24) is 4.98 Å². The first-order valence-corrected chi connectivity index (χ1v) is 5.85. The van der Waals surface area contributed by atoms with E-state index in [0.717, 1.165) is 17.5 Å². The number of hydrogen-bond acceptors (Lipinski definition) is 3. The molecule has 1 aromatic rings. The molecule has 0 aromatic carbocycles. The summed E-state index contributed by atoms with van der Waals surface area (Å²) in [5.41, 5.74) is 6.96. The maximum Gasteiger partial charge on any atom is 0.180 e. The van der Waals surface area contributed by atoms with E-state index in [1.165, 1.54) is 36.3 Å². The zero-order valence-corrected chi connectivity index (χ0v) is 8.86. The van der Waals surface area contributed by atoms with E-state index in [9.17, 15) is 0 Å². The average Bonchev–Trinajstić information content (AvgIpc) is 2.37. The van der Waals surface area contributed by atoms with Crippen molar-refractivity contribution in [3.05, 3.63) is 10.6 Å². The standard InChI is InChI=1S/C10H16N2S/c1-2-7-3-5-8-9(6-4-7)13-10(11)12-8/h7H,2-6H2,1H3,(H2,11,12). The Morgan fingerprint density at radius 3 is 3.00 bits per heavy atom. The molecule has 1 aromatic heterocycles. The van der Waals surface area contributed by atoms with Crippen molar-refractivity contribution in [3.63, 3.8) is 0 Å². The van der Waals surface area contributed by atoms with Gasteiger partial charge in [0.15, 0.2) is 5.13 Å². The van der Waals surface area contributed by atoms with Crippen LogP contribution in [0.3, 0.4) is 0 Å². The summed E-state index contributed by atoms with van der Waals surface area (Å²) in [5, 5.41) is 0.750. The van der Waals surface area contributed by atoms with Crippen LogP contribution in [0.25, 0.3) is 0 Å². The molecular formula is C10H16N2S. The van der Waals surface area contributed by atoms with Gasteiger partial charge in [-0.2, -0.15) is 0 Å². The van der Waals surface area contributed by atoms with Gasteiger partial charge in [0.1, 0.15) is 0 Å². The van der Waals surface area contributed by atoms with Gasteiger partial charge in [-0.15, -0.1) is 11.3 Å². The number of rotatable bonds is 1. The second-order valence-corrected chi connectivity index (χ2v) is 4.89. The summed E-state index contributed by atoms with van der Waals surface area (Å²) in [5.74, 6) is 0.905. The molecule has 0 saturated carbocycles. The number of nitrogens with zero attached hydrogens (tertiary/aromatic N) is 1. The van der Waals surface area contributed by atoms with Crippen molar-refractivity contribution in [2.75, 3.05) is 5.73 Å². The highest BCUT2D eigenvalue weighted by Crippen LogP contribution is 2.30. The van der Waals surface area contributed by atoms with Gasteiger partial charge in [0.25, 0.3) is 0 Å². The van der Waals surface area contributed by atoms with Crippen LogP contribution in [0, 0.1) is 5.92 Å². The molecule has 1 unspecified atom stereocenters. The Bertz CT molecular complexity index is 268. The SMILES string of the molecule is CCC1CCc2nc(N)sc2CC1. The fraction of sp³-hybridized carbons (Fsp3) is 0.700. The molecule has 13 heavy (non-hydrogen) atoms. The number of thiazole rings is 1. The lowest BCUT2D eigenvalue weighted by atomic mass is 9.98. The Morgan fingerprint density at radius 2 is 2.23 bits per heavy atom. The molecule has 72 valence electrons. The van der Waals surface area contributed by atoms with E-state index in [2.05, 4.69) is 11.9 Å². The molecule has 0 fully saturated rings. The van der Waals surface area contributed by atoms with Crippen LogP contribution >= 0.6 is 11.3 Å². The van der Waals surface area contributed by atoms with E-state index in [1.807, 2.05) is 0 Å². The van der Waals surface area contributed by atoms with Gasteiger partial charge in [-0.25, -0.2) is 4.98 Å². The molecule has 0 aliphatic heterocycles. The lowest BCUT2D eigenvalue weighted by Gasteiger charge is -2.08. The third kappa shape index (κ3) is 1.85. The van der Waals surface area contributed by atoms with Crippen LogP contribution in [0.1, 0.15) is 36.8 Å². The van der Waals surface area contributed by atoms with Crippen molar-refractivity contribution in [3.8, 4) is 0 Å². The van der Waals surface area contributed by atoms with Crippen LogP contribution in [-0.4, -0.2) is 4.98 Å². The molecule has 0 radical (unpaired) electrons. The molecule has 0 saturated heterocycles. The van der Waals surface area contributed by atoms with Gasteiger partial charge in [-0.05, 0) is 31.6 Å². The van der Waals surface area contributed by atoms with Gasteiger partial charge in [0.05, 0.1) is 5.69 Å². The van der Waals surface area contributed by atoms with Crippen molar-refractivity contribution in [2.24, 2.45) is 5.92 Å². The summed E-state index contributed by atoms with van der Waals surface area (Å²) in [4.78, 5) is 5.81. The number of fused-ring (bicyclic) bond motifs is 1. The minimum Gasteiger partial charge on any atom is -0.375 e. The van der Waals surface area contributed by atoms with Crippen LogP contribution in [0.2, 0.25) is 0 Å². The zero-order chi connectivity index (χ0) is 9.26. The average molecular weight is 196 g/mol. The smallest absolute Gasteiger partial charge is 0.180 e. The van der Waals surface area contributed by atoms with Crippen molar-refractivity contribution >= 4 is 16.5 Å². The lowest BCUT2D eigenvalue weighted by molar-refractivity contribution is 0.450. The van der Waals surface area contributed by atoms with Crippen LogP contribution < -0.4 is 5.73 Å². The number of aryl methyl sites for hydroxylation is 2. The van der Waals surface area contributed by atoms with Gasteiger partial charge in [-0.1, -0.05) is 13.3 Å². The molecule has 1 atom stereocenters. The minimum absolute atomic E-state index is 0.750. The predicted molar refractivity (Wildman–Crippen MR) is 56.9 cm³/mol. The lowest BCUT2D eigenvalue weighted by Crippen LogP contribution is -1.98. The summed E-state index contributed by atoms with van der Waals surface area (Å²) in [6.07, 6.45) is 6.27. The van der Waals surface area contributed by atoms with E-state index in [1.54, 1.807) is 11.3 Å². The molecule has 2 rings (SSSR count). The fourth-order valence-corrected chi connectivity index (χ4v) is 2.92. The number of hydrogen-bond donors (Lipinski definition) is 1. The monoisotopic (exact) mass is 196 g/mol. The number of nitrogens with two attached hydrogens (primary N) is 1. The van der Waals surface area contributed by atoms with Gasteiger partial charge in [-0.3, -0.25) is 0 Å². The summed E-state index contributed by atoms with van der Waals surface area (Å²) in [6.45, 7) is 2.28. The van der Waals surface area contributed by atoms with E-state index >= 15 is 0 Å². The molecule has 1 heterocycles. The van der Waals surface area contributed by atoms with Crippen molar-refractivity contribution in [1.29, 1.82) is 0 Å². The van der Waals surface area contributed by atoms with Crippen LogP contribution in [0.4, 0.5) is 5.13 Å². The quantitative estimate of drug-likeness (QED) is 0.701. The van der Waals surface area contributed by atoms with E-state index in [0.29, 0.717) is 0 Å². The first-order valence-electron chi connectivity index (χ1n) is 5.03. The maximum atomic E-state index is 5.68. The van der Waals surface area contributed by atoms with Gasteiger partial charge < -0.3 is 5.73 Å². The summed E-state index contributed by atoms with van der Waals surface area (Å²) >= 11 is 1.68. The van der Waals surface area contributed by atoms with E-state index < -0.39 is 0 Å². The largest absolute Gasteiger partial charge is 0.375 e. The Balaban J connectivity index is 2.14. The van der Waals surface area contributed by atoms with Crippen LogP contribution in [0.15, 0.2) is 0 Å². The van der Waals surface area contributed by atoms with E-state index in [4.69, 9.17) is 5.73 Å². The van der Waals surface area contributed by atoms with Crippen molar-refractivity contribution < 1.29 is 0 Å². The maximum absolute atomic E-state index is 5.68. The third-order valence-corrected chi connectivity index (χ3v) is 3.93. The van der Waals surface area contributed by atoms with Gasteiger partial charge in [0, 0.05) is 4.88 Å². The number of aromatic nitrogens is 1. The normalized spacial score (nSPS) is 22.4. The second kappa shape index (κ2) is 3.66.